The lowest BCUT2D eigenvalue weighted by Gasteiger charge is -2.29. The molecule has 0 unspecified atom stereocenters. The van der Waals surface area contributed by atoms with E-state index in [0.29, 0.717) is 0 Å². The molecule has 2 heteroatoms. The normalized spacial score (nSPS) is 12.2. The molecule has 0 heterocycles. The zero-order valence-electron chi connectivity index (χ0n) is 21.9. The van der Waals surface area contributed by atoms with Crippen LogP contribution in [0.15, 0.2) is 36.4 Å². The van der Waals surface area contributed by atoms with E-state index in [-0.39, 0.29) is 10.8 Å². The van der Waals surface area contributed by atoms with Gasteiger partial charge in [0.05, 0.1) is 0 Å². The monoisotopic (exact) mass is 422 g/mol. The predicted molar refractivity (Wildman–Crippen MR) is 140 cm³/mol. The van der Waals surface area contributed by atoms with Gasteiger partial charge in [-0.2, -0.15) is 0 Å². The summed E-state index contributed by atoms with van der Waals surface area (Å²) >= 11 is 0. The molecule has 0 aliphatic rings. The van der Waals surface area contributed by atoms with Crippen molar-refractivity contribution in [2.24, 2.45) is 0 Å². The van der Waals surface area contributed by atoms with E-state index >= 15 is 0 Å². The van der Waals surface area contributed by atoms with E-state index in [2.05, 4.69) is 116 Å². The summed E-state index contributed by atoms with van der Waals surface area (Å²) in [6.07, 6.45) is 5.89. The minimum Gasteiger partial charge on any atom is -0.377 e. The van der Waals surface area contributed by atoms with E-state index in [1.165, 1.54) is 46.5 Å². The molecule has 0 aromatic heterocycles. The first-order valence-electron chi connectivity index (χ1n) is 12.0. The van der Waals surface area contributed by atoms with Gasteiger partial charge in [-0.15, -0.1) is 0 Å². The summed E-state index contributed by atoms with van der Waals surface area (Å²) in [6, 6.07) is 14.2. The number of hydrogen-bond acceptors (Lipinski definition) is 2. The number of unbranched alkanes of at least 4 members (excludes halogenated alkanes) is 1. The van der Waals surface area contributed by atoms with Crippen LogP contribution in [-0.4, -0.2) is 28.2 Å². The van der Waals surface area contributed by atoms with Crippen LogP contribution >= 0.6 is 0 Å². The van der Waals surface area contributed by atoms with Gasteiger partial charge in [-0.1, -0.05) is 65.8 Å². The van der Waals surface area contributed by atoms with Crippen LogP contribution < -0.4 is 9.80 Å². The van der Waals surface area contributed by atoms with Gasteiger partial charge in [0.25, 0.3) is 0 Å². The van der Waals surface area contributed by atoms with E-state index in [4.69, 9.17) is 0 Å². The maximum absolute atomic E-state index is 2.41. The van der Waals surface area contributed by atoms with Gasteiger partial charge in [-0.3, -0.25) is 0 Å². The molecule has 0 saturated carbocycles. The molecule has 0 spiro atoms. The molecule has 2 rings (SSSR count). The Morgan fingerprint density at radius 1 is 0.645 bits per heavy atom. The van der Waals surface area contributed by atoms with Crippen LogP contribution in [0.25, 0.3) is 0 Å². The topological polar surface area (TPSA) is 6.48 Å². The molecule has 2 nitrogen and oxygen atoms in total. The summed E-state index contributed by atoms with van der Waals surface area (Å²) < 4.78 is 0. The number of hydrogen-bond donors (Lipinski definition) is 0. The van der Waals surface area contributed by atoms with Crippen LogP contribution in [0.1, 0.15) is 83.1 Å². The molecule has 0 aliphatic heterocycles. The highest BCUT2D eigenvalue weighted by Crippen LogP contribution is 2.35. The standard InChI is InChI=1S/C29H46N2/c1-11-29(5,6)25-19-17-23(21-27(25)31(9)10)15-13-12-14-22-16-18-24(28(2,3)4)26(20-22)30(7)8/h16-21H,11-15H2,1-10H3. The van der Waals surface area contributed by atoms with Gasteiger partial charge in [0.2, 0.25) is 0 Å². The molecule has 172 valence electrons. The average Bonchev–Trinajstić information content (AvgIpc) is 2.70. The highest BCUT2D eigenvalue weighted by atomic mass is 15.1. The first-order valence-corrected chi connectivity index (χ1v) is 12.0. The zero-order valence-corrected chi connectivity index (χ0v) is 21.9. The zero-order chi connectivity index (χ0) is 23.4. The van der Waals surface area contributed by atoms with Crippen molar-refractivity contribution in [3.8, 4) is 0 Å². The number of rotatable bonds is 9. The number of aryl methyl sites for hydroxylation is 2. The minimum absolute atomic E-state index is 0.167. The third-order valence-corrected chi connectivity index (χ3v) is 6.69. The molecule has 0 aliphatic carbocycles. The third-order valence-electron chi connectivity index (χ3n) is 6.69. The Kier molecular flexibility index (Phi) is 8.25. The van der Waals surface area contributed by atoms with Crippen LogP contribution in [0.5, 0.6) is 0 Å². The van der Waals surface area contributed by atoms with Gasteiger partial charge >= 0.3 is 0 Å². The van der Waals surface area contributed by atoms with Gasteiger partial charge in [0.1, 0.15) is 0 Å². The fourth-order valence-electron chi connectivity index (χ4n) is 4.26. The van der Waals surface area contributed by atoms with E-state index < -0.39 is 0 Å². The minimum atomic E-state index is 0.167. The third kappa shape index (κ3) is 6.51. The summed E-state index contributed by atoms with van der Waals surface area (Å²) in [7, 11) is 8.64. The van der Waals surface area contributed by atoms with Gasteiger partial charge in [-0.05, 0) is 77.3 Å². The molecular weight excluding hydrogens is 376 g/mol. The van der Waals surface area contributed by atoms with Gasteiger partial charge in [0.15, 0.2) is 0 Å². The molecule has 0 N–H and O–H groups in total. The Balaban J connectivity index is 2.05. The lowest BCUT2D eigenvalue weighted by atomic mass is 9.80. The largest absolute Gasteiger partial charge is 0.377 e. The summed E-state index contributed by atoms with van der Waals surface area (Å²) in [5, 5.41) is 0. The molecule has 2 aromatic carbocycles. The molecular formula is C29H46N2. The molecule has 0 radical (unpaired) electrons. The van der Waals surface area contributed by atoms with Crippen molar-refractivity contribution in [1.82, 2.24) is 0 Å². The number of benzene rings is 2. The van der Waals surface area contributed by atoms with Crippen LogP contribution in [0.2, 0.25) is 0 Å². The highest BCUT2D eigenvalue weighted by molar-refractivity contribution is 5.58. The van der Waals surface area contributed by atoms with Crippen LogP contribution in [0.3, 0.4) is 0 Å². The Morgan fingerprint density at radius 2 is 1.06 bits per heavy atom. The van der Waals surface area contributed by atoms with Gasteiger partial charge < -0.3 is 9.80 Å². The molecule has 0 saturated heterocycles. The van der Waals surface area contributed by atoms with Gasteiger partial charge in [-0.25, -0.2) is 0 Å². The van der Waals surface area contributed by atoms with Crippen molar-refractivity contribution >= 4 is 11.4 Å². The van der Waals surface area contributed by atoms with Crippen LogP contribution in [0, 0.1) is 0 Å². The van der Waals surface area contributed by atoms with Crippen molar-refractivity contribution in [3.05, 3.63) is 58.7 Å². The molecule has 0 bridgehead atoms. The lowest BCUT2D eigenvalue weighted by Crippen LogP contribution is -2.21. The summed E-state index contributed by atoms with van der Waals surface area (Å²) in [6.45, 7) is 13.9. The van der Waals surface area contributed by atoms with Crippen molar-refractivity contribution in [2.75, 3.05) is 38.0 Å². The molecule has 0 atom stereocenters. The van der Waals surface area contributed by atoms with E-state index in [1.54, 1.807) is 0 Å². The van der Waals surface area contributed by atoms with Crippen molar-refractivity contribution in [3.63, 3.8) is 0 Å². The Hall–Kier alpha value is -1.96. The summed E-state index contributed by atoms with van der Waals surface area (Å²) in [5.74, 6) is 0. The van der Waals surface area contributed by atoms with E-state index in [0.717, 1.165) is 19.3 Å². The highest BCUT2D eigenvalue weighted by Gasteiger charge is 2.22. The molecule has 2 aromatic rings. The Labute approximate surface area is 192 Å². The summed E-state index contributed by atoms with van der Waals surface area (Å²) in [4.78, 5) is 4.53. The smallest absolute Gasteiger partial charge is 0.0401 e. The predicted octanol–water partition coefficient (Wildman–Crippen LogP) is 7.37. The summed E-state index contributed by atoms with van der Waals surface area (Å²) in [5.41, 5.74) is 8.89. The van der Waals surface area contributed by atoms with Crippen molar-refractivity contribution in [1.29, 1.82) is 0 Å². The van der Waals surface area contributed by atoms with Crippen molar-refractivity contribution < 1.29 is 0 Å². The number of anilines is 2. The molecule has 0 fully saturated rings. The second kappa shape index (κ2) is 10.1. The van der Waals surface area contributed by atoms with Gasteiger partial charge in [0, 0.05) is 39.6 Å². The second-order valence-electron chi connectivity index (χ2n) is 11.2. The van der Waals surface area contributed by atoms with Crippen LogP contribution in [0.4, 0.5) is 11.4 Å². The second-order valence-corrected chi connectivity index (χ2v) is 11.2. The molecule has 0 amide bonds. The Morgan fingerprint density at radius 3 is 1.45 bits per heavy atom. The van der Waals surface area contributed by atoms with Crippen LogP contribution in [-0.2, 0) is 23.7 Å². The number of nitrogens with zero attached hydrogens (tertiary/aromatic N) is 2. The first-order chi connectivity index (χ1) is 14.4. The lowest BCUT2D eigenvalue weighted by molar-refractivity contribution is 0.506. The fourth-order valence-corrected chi connectivity index (χ4v) is 4.26. The van der Waals surface area contributed by atoms with Crippen molar-refractivity contribution in [2.45, 2.75) is 84.5 Å². The first kappa shape index (κ1) is 25.3. The van der Waals surface area contributed by atoms with E-state index in [1.807, 2.05) is 0 Å². The molecule has 31 heavy (non-hydrogen) atoms. The Bertz CT molecular complexity index is 854. The maximum Gasteiger partial charge on any atom is 0.0401 e. The fraction of sp³-hybridized carbons (Fsp3) is 0.586. The van der Waals surface area contributed by atoms with E-state index in [9.17, 15) is 0 Å². The average molecular weight is 423 g/mol. The quantitative estimate of drug-likeness (QED) is 0.389. The maximum atomic E-state index is 2.41. The SMILES string of the molecule is CCC(C)(C)c1ccc(CCCCc2ccc(C(C)(C)C)c(N(C)C)c2)cc1N(C)C.